The highest BCUT2D eigenvalue weighted by Crippen LogP contribution is 2.14. The van der Waals surface area contributed by atoms with Crippen molar-refractivity contribution in [1.82, 2.24) is 4.57 Å². The number of azide groups is 1. The quantitative estimate of drug-likeness (QED) is 0.373. The summed E-state index contributed by atoms with van der Waals surface area (Å²) < 4.78 is 6.21. The fraction of sp³-hybridized carbons (Fsp3) is 0.143. The van der Waals surface area contributed by atoms with Crippen molar-refractivity contribution in [3.05, 3.63) is 69.3 Å². The SMILES string of the molecule is C=CCOC(=O)n1ccc(=O)c2cc(CN=[N+]=[N-])ccc21. The normalized spacial score (nSPS) is 9.90. The Morgan fingerprint density at radius 1 is 1.48 bits per heavy atom. The lowest BCUT2D eigenvalue weighted by atomic mass is 10.1. The van der Waals surface area contributed by atoms with Crippen molar-refractivity contribution < 1.29 is 9.53 Å². The summed E-state index contributed by atoms with van der Waals surface area (Å²) in [6, 6.07) is 6.19. The molecule has 7 nitrogen and oxygen atoms in total. The molecule has 1 aromatic carbocycles. The summed E-state index contributed by atoms with van der Waals surface area (Å²) in [5.74, 6) is 0. The molecule has 0 bridgehead atoms. The third kappa shape index (κ3) is 3.10. The minimum Gasteiger partial charge on any atom is -0.445 e. The number of rotatable bonds is 4. The van der Waals surface area contributed by atoms with E-state index in [9.17, 15) is 9.59 Å². The molecular weight excluding hydrogens is 272 g/mol. The number of hydrogen-bond acceptors (Lipinski definition) is 4. The van der Waals surface area contributed by atoms with E-state index in [0.29, 0.717) is 16.5 Å². The van der Waals surface area contributed by atoms with E-state index in [2.05, 4.69) is 16.6 Å². The lowest BCUT2D eigenvalue weighted by Crippen LogP contribution is -2.17. The number of ether oxygens (including phenoxy) is 1. The van der Waals surface area contributed by atoms with Crippen LogP contribution in [0.15, 0.2) is 53.0 Å². The summed E-state index contributed by atoms with van der Waals surface area (Å²) in [5.41, 5.74) is 9.22. The van der Waals surface area contributed by atoms with Crippen LogP contribution in [-0.4, -0.2) is 17.3 Å². The molecule has 106 valence electrons. The number of fused-ring (bicyclic) bond motifs is 1. The van der Waals surface area contributed by atoms with Gasteiger partial charge in [-0.3, -0.25) is 9.36 Å². The number of carbonyl (C=O) groups is 1. The van der Waals surface area contributed by atoms with Crippen molar-refractivity contribution in [2.24, 2.45) is 5.11 Å². The Morgan fingerprint density at radius 3 is 3.00 bits per heavy atom. The minimum atomic E-state index is -0.595. The number of benzene rings is 1. The summed E-state index contributed by atoms with van der Waals surface area (Å²) >= 11 is 0. The third-order valence-electron chi connectivity index (χ3n) is 2.80. The van der Waals surface area contributed by atoms with E-state index in [1.807, 2.05) is 0 Å². The first-order valence-electron chi connectivity index (χ1n) is 6.10. The highest BCUT2D eigenvalue weighted by Gasteiger charge is 2.10. The smallest absolute Gasteiger partial charge is 0.418 e. The minimum absolute atomic E-state index is 0.0847. The molecule has 21 heavy (non-hydrogen) atoms. The molecule has 0 unspecified atom stereocenters. The molecule has 0 amide bonds. The molecule has 2 aromatic rings. The zero-order chi connectivity index (χ0) is 15.2. The Kier molecular flexibility index (Phi) is 4.38. The number of aromatic nitrogens is 1. The van der Waals surface area contributed by atoms with Crippen LogP contribution in [0.5, 0.6) is 0 Å². The molecule has 0 spiro atoms. The highest BCUT2D eigenvalue weighted by molar-refractivity contribution is 5.88. The second-order valence-electron chi connectivity index (χ2n) is 4.16. The van der Waals surface area contributed by atoms with Crippen LogP contribution in [0.3, 0.4) is 0 Å². The van der Waals surface area contributed by atoms with E-state index in [1.54, 1.807) is 18.2 Å². The molecule has 0 aliphatic rings. The van der Waals surface area contributed by atoms with Gasteiger partial charge >= 0.3 is 6.09 Å². The molecule has 7 heteroatoms. The first-order chi connectivity index (χ1) is 10.2. The van der Waals surface area contributed by atoms with E-state index < -0.39 is 6.09 Å². The molecular formula is C14H12N4O3. The number of pyridine rings is 1. The second-order valence-corrected chi connectivity index (χ2v) is 4.16. The number of carbonyl (C=O) groups excluding carboxylic acids is 1. The molecule has 1 heterocycles. The zero-order valence-corrected chi connectivity index (χ0v) is 11.1. The lowest BCUT2D eigenvalue weighted by molar-refractivity contribution is 0.161. The summed E-state index contributed by atoms with van der Waals surface area (Å²) in [7, 11) is 0. The van der Waals surface area contributed by atoms with Crippen molar-refractivity contribution in [3.8, 4) is 0 Å². The van der Waals surface area contributed by atoms with Crippen molar-refractivity contribution in [2.45, 2.75) is 6.54 Å². The van der Waals surface area contributed by atoms with E-state index in [1.165, 1.54) is 22.9 Å². The Labute approximate surface area is 119 Å². The van der Waals surface area contributed by atoms with Crippen LogP contribution >= 0.6 is 0 Å². The fourth-order valence-corrected chi connectivity index (χ4v) is 1.87. The van der Waals surface area contributed by atoms with Gasteiger partial charge in [-0.05, 0) is 23.2 Å². The zero-order valence-electron chi connectivity index (χ0n) is 11.1. The molecule has 0 saturated carbocycles. The molecule has 0 atom stereocenters. The van der Waals surface area contributed by atoms with Crippen LogP contribution in [0.4, 0.5) is 4.79 Å². The van der Waals surface area contributed by atoms with E-state index >= 15 is 0 Å². The van der Waals surface area contributed by atoms with Gasteiger partial charge in [-0.25, -0.2) is 4.79 Å². The van der Waals surface area contributed by atoms with Crippen LogP contribution in [0.25, 0.3) is 21.3 Å². The molecule has 0 saturated heterocycles. The summed E-state index contributed by atoms with van der Waals surface area (Å²) in [4.78, 5) is 26.5. The van der Waals surface area contributed by atoms with Crippen molar-refractivity contribution >= 4 is 17.0 Å². The topological polar surface area (TPSA) is 97.1 Å². The average molecular weight is 284 g/mol. The van der Waals surface area contributed by atoms with Crippen molar-refractivity contribution in [2.75, 3.05) is 6.61 Å². The molecule has 0 fully saturated rings. The maximum atomic E-state index is 11.9. The summed E-state index contributed by atoms with van der Waals surface area (Å²) in [5, 5.41) is 3.81. The molecule has 0 radical (unpaired) electrons. The van der Waals surface area contributed by atoms with Crippen LogP contribution < -0.4 is 5.43 Å². The van der Waals surface area contributed by atoms with Gasteiger partial charge in [0.25, 0.3) is 0 Å². The number of hydrogen-bond donors (Lipinski definition) is 0. The van der Waals surface area contributed by atoms with E-state index in [-0.39, 0.29) is 18.6 Å². The molecule has 0 aliphatic heterocycles. The van der Waals surface area contributed by atoms with Gasteiger partial charge < -0.3 is 4.74 Å². The maximum Gasteiger partial charge on any atom is 0.418 e. The first-order valence-corrected chi connectivity index (χ1v) is 6.10. The average Bonchev–Trinajstić information content (AvgIpc) is 2.51. The second kappa shape index (κ2) is 6.40. The van der Waals surface area contributed by atoms with Crippen LogP contribution in [0.1, 0.15) is 5.56 Å². The Balaban J connectivity index is 2.52. The highest BCUT2D eigenvalue weighted by atomic mass is 16.5. The Hall–Kier alpha value is -3.05. The van der Waals surface area contributed by atoms with Gasteiger partial charge in [0.1, 0.15) is 6.61 Å². The predicted molar refractivity (Wildman–Crippen MR) is 78.0 cm³/mol. The van der Waals surface area contributed by atoms with Gasteiger partial charge in [0.2, 0.25) is 0 Å². The van der Waals surface area contributed by atoms with E-state index in [0.717, 1.165) is 0 Å². The Morgan fingerprint density at radius 2 is 2.29 bits per heavy atom. The fourth-order valence-electron chi connectivity index (χ4n) is 1.87. The molecule has 0 N–H and O–H groups in total. The van der Waals surface area contributed by atoms with Gasteiger partial charge in [-0.1, -0.05) is 23.8 Å². The third-order valence-corrected chi connectivity index (χ3v) is 2.80. The van der Waals surface area contributed by atoms with Gasteiger partial charge in [-0.15, -0.1) is 0 Å². The standard InChI is InChI=1S/C14H12N4O3/c1-2-7-21-14(20)18-6-5-13(19)11-8-10(9-16-17-15)3-4-12(11)18/h2-6,8H,1,7,9H2. The van der Waals surface area contributed by atoms with Crippen LogP contribution in [0, 0.1) is 0 Å². The predicted octanol–water partition coefficient (Wildman–Crippen LogP) is 2.98. The van der Waals surface area contributed by atoms with Gasteiger partial charge in [0.05, 0.1) is 12.1 Å². The molecule has 1 aromatic heterocycles. The van der Waals surface area contributed by atoms with Crippen molar-refractivity contribution in [3.63, 3.8) is 0 Å². The lowest BCUT2D eigenvalue weighted by Gasteiger charge is -2.09. The maximum absolute atomic E-state index is 11.9. The largest absolute Gasteiger partial charge is 0.445 e. The monoisotopic (exact) mass is 284 g/mol. The summed E-state index contributed by atoms with van der Waals surface area (Å²) in [6.07, 6.45) is 2.23. The van der Waals surface area contributed by atoms with Gasteiger partial charge in [-0.2, -0.15) is 0 Å². The van der Waals surface area contributed by atoms with Crippen LogP contribution in [0.2, 0.25) is 0 Å². The Bertz CT molecular complexity index is 803. The van der Waals surface area contributed by atoms with Gasteiger partial charge in [0, 0.05) is 22.6 Å². The van der Waals surface area contributed by atoms with Gasteiger partial charge in [0.15, 0.2) is 5.43 Å². The first kappa shape index (κ1) is 14.4. The summed E-state index contributed by atoms with van der Waals surface area (Å²) in [6.45, 7) is 3.69. The number of nitrogens with zero attached hydrogens (tertiary/aromatic N) is 4. The molecule has 0 aliphatic carbocycles. The van der Waals surface area contributed by atoms with Crippen molar-refractivity contribution in [1.29, 1.82) is 0 Å². The molecule has 2 rings (SSSR count). The van der Waals surface area contributed by atoms with E-state index in [4.69, 9.17) is 10.3 Å². The van der Waals surface area contributed by atoms with Crippen LogP contribution in [-0.2, 0) is 11.3 Å².